The van der Waals surface area contributed by atoms with E-state index in [9.17, 15) is 9.59 Å². The van der Waals surface area contributed by atoms with E-state index >= 15 is 0 Å². The van der Waals surface area contributed by atoms with Crippen LogP contribution in [0.1, 0.15) is 5.56 Å². The minimum Gasteiger partial charge on any atom is -0.493 e. The van der Waals surface area contributed by atoms with Gasteiger partial charge in [0.15, 0.2) is 11.5 Å². The molecule has 0 aliphatic carbocycles. The minimum atomic E-state index is -0.499. The zero-order chi connectivity index (χ0) is 15.1. The Bertz CT molecular complexity index is 522. The number of carbonyl (C=O) groups is 2. The molecule has 0 radical (unpaired) electrons. The second kappa shape index (κ2) is 7.18. The Hall–Kier alpha value is -2.50. The lowest BCUT2D eigenvalue weighted by Crippen LogP contribution is -2.25. The highest BCUT2D eigenvalue weighted by molar-refractivity contribution is 5.87. The maximum Gasteiger partial charge on any atom is 0.414 e. The molecule has 0 heterocycles. The monoisotopic (exact) mass is 279 g/mol. The van der Waals surface area contributed by atoms with Gasteiger partial charge in [-0.15, -0.1) is 0 Å². The van der Waals surface area contributed by atoms with Crippen molar-refractivity contribution in [3.05, 3.63) is 29.8 Å². The molecule has 0 saturated carbocycles. The Labute approximate surface area is 117 Å². The minimum absolute atomic E-state index is 0.307. The van der Waals surface area contributed by atoms with E-state index in [1.165, 1.54) is 25.2 Å². The van der Waals surface area contributed by atoms with E-state index in [2.05, 4.69) is 4.74 Å². The molecular formula is C14H17NO5. The summed E-state index contributed by atoms with van der Waals surface area (Å²) in [6.07, 6.45) is 2.37. The van der Waals surface area contributed by atoms with Crippen LogP contribution in [0.2, 0.25) is 0 Å². The molecule has 6 heteroatoms. The van der Waals surface area contributed by atoms with Gasteiger partial charge in [-0.2, -0.15) is 0 Å². The third-order valence-electron chi connectivity index (χ3n) is 2.36. The first kappa shape index (κ1) is 15.6. The van der Waals surface area contributed by atoms with Crippen LogP contribution in [0.3, 0.4) is 0 Å². The molecule has 1 aromatic carbocycles. The molecule has 6 nitrogen and oxygen atoms in total. The van der Waals surface area contributed by atoms with Crippen LogP contribution in [-0.2, 0) is 9.53 Å². The van der Waals surface area contributed by atoms with Gasteiger partial charge in [-0.3, -0.25) is 0 Å². The summed E-state index contributed by atoms with van der Waals surface area (Å²) in [5.74, 6) is 0.251. The van der Waals surface area contributed by atoms with E-state index in [-0.39, 0.29) is 0 Å². The molecular weight excluding hydrogens is 262 g/mol. The van der Waals surface area contributed by atoms with Gasteiger partial charge in [0, 0.05) is 20.2 Å². The first-order valence-corrected chi connectivity index (χ1v) is 5.81. The van der Waals surface area contributed by atoms with Gasteiger partial charge in [-0.1, -0.05) is 6.07 Å². The number of esters is 1. The van der Waals surface area contributed by atoms with Gasteiger partial charge in [0.25, 0.3) is 0 Å². The highest BCUT2D eigenvalue weighted by Crippen LogP contribution is 2.28. The largest absolute Gasteiger partial charge is 0.493 e. The molecule has 0 bridgehead atoms. The first-order valence-electron chi connectivity index (χ1n) is 5.81. The highest BCUT2D eigenvalue weighted by Gasteiger charge is 2.11. The van der Waals surface area contributed by atoms with Gasteiger partial charge in [-0.05, 0) is 23.8 Å². The number of ether oxygens (including phenoxy) is 3. The van der Waals surface area contributed by atoms with Crippen molar-refractivity contribution in [2.24, 2.45) is 0 Å². The molecule has 1 amide bonds. The molecule has 108 valence electrons. The van der Waals surface area contributed by atoms with Crippen molar-refractivity contribution < 1.29 is 23.8 Å². The molecule has 20 heavy (non-hydrogen) atoms. The summed E-state index contributed by atoms with van der Waals surface area (Å²) in [5, 5.41) is 0. The lowest BCUT2D eigenvalue weighted by molar-refractivity contribution is -0.134. The zero-order valence-corrected chi connectivity index (χ0v) is 11.9. The smallest absolute Gasteiger partial charge is 0.414 e. The fourth-order valence-corrected chi connectivity index (χ4v) is 1.29. The van der Waals surface area contributed by atoms with Crippen molar-refractivity contribution in [2.75, 3.05) is 28.3 Å². The Morgan fingerprint density at radius 2 is 1.85 bits per heavy atom. The molecule has 0 aromatic heterocycles. The summed E-state index contributed by atoms with van der Waals surface area (Å²) < 4.78 is 14.8. The fraction of sp³-hybridized carbons (Fsp3) is 0.286. The Balaban J connectivity index is 2.93. The third kappa shape index (κ3) is 4.31. The molecule has 0 unspecified atom stereocenters. The molecule has 1 aromatic rings. The quantitative estimate of drug-likeness (QED) is 0.622. The van der Waals surface area contributed by atoms with Gasteiger partial charge in [0.2, 0.25) is 0 Å². The van der Waals surface area contributed by atoms with Gasteiger partial charge < -0.3 is 19.1 Å². The van der Waals surface area contributed by atoms with Crippen LogP contribution >= 0.6 is 0 Å². The number of amides is 1. The number of hydrogen-bond acceptors (Lipinski definition) is 5. The summed E-state index contributed by atoms with van der Waals surface area (Å²) in [6.45, 7) is 0. The van der Waals surface area contributed by atoms with Gasteiger partial charge in [0.1, 0.15) is 0 Å². The van der Waals surface area contributed by atoms with Crippen molar-refractivity contribution >= 4 is 18.1 Å². The topological polar surface area (TPSA) is 65.1 Å². The molecule has 0 aliphatic heterocycles. The van der Waals surface area contributed by atoms with Gasteiger partial charge in [0.05, 0.1) is 14.2 Å². The maximum atomic E-state index is 11.5. The number of nitrogens with zero attached hydrogens (tertiary/aromatic N) is 1. The van der Waals surface area contributed by atoms with Crippen LogP contribution in [0.5, 0.6) is 11.5 Å². The Morgan fingerprint density at radius 3 is 2.40 bits per heavy atom. The number of rotatable bonds is 4. The van der Waals surface area contributed by atoms with Crippen LogP contribution < -0.4 is 9.47 Å². The van der Waals surface area contributed by atoms with E-state index in [1.54, 1.807) is 38.4 Å². The van der Waals surface area contributed by atoms with Gasteiger partial charge >= 0.3 is 12.1 Å². The van der Waals surface area contributed by atoms with E-state index in [1.807, 2.05) is 0 Å². The number of methoxy groups -OCH3 is 2. The Kier molecular flexibility index (Phi) is 5.58. The summed E-state index contributed by atoms with van der Waals surface area (Å²) in [6, 6.07) is 4.94. The zero-order valence-electron chi connectivity index (χ0n) is 11.9. The second-order valence-electron chi connectivity index (χ2n) is 4.03. The van der Waals surface area contributed by atoms with Crippen LogP contribution in [0, 0.1) is 0 Å². The van der Waals surface area contributed by atoms with Gasteiger partial charge in [-0.25, -0.2) is 9.59 Å². The molecule has 1 rings (SSSR count). The summed E-state index contributed by atoms with van der Waals surface area (Å²) in [7, 11) is 5.94. The van der Waals surface area contributed by atoms with Crippen molar-refractivity contribution in [3.63, 3.8) is 0 Å². The normalized spacial score (nSPS) is 10.2. The van der Waals surface area contributed by atoms with Crippen LogP contribution in [0.4, 0.5) is 4.79 Å². The van der Waals surface area contributed by atoms with Crippen LogP contribution in [0.25, 0.3) is 6.08 Å². The molecule has 0 N–H and O–H groups in total. The third-order valence-corrected chi connectivity index (χ3v) is 2.36. The predicted molar refractivity (Wildman–Crippen MR) is 73.8 cm³/mol. The van der Waals surface area contributed by atoms with Crippen molar-refractivity contribution in [1.82, 2.24) is 4.90 Å². The Morgan fingerprint density at radius 1 is 1.15 bits per heavy atom. The molecule has 0 fully saturated rings. The lowest BCUT2D eigenvalue weighted by atomic mass is 10.2. The molecule has 0 saturated heterocycles. The standard InChI is InChI=1S/C14H17NO5/c1-15(2)14(17)20-11-7-5-10(9-12(11)18-3)6-8-13(16)19-4/h5-9H,1-4H3/b8-6+. The van der Waals surface area contributed by atoms with E-state index in [0.29, 0.717) is 11.5 Å². The van der Waals surface area contributed by atoms with E-state index in [0.717, 1.165) is 5.56 Å². The number of benzene rings is 1. The predicted octanol–water partition coefficient (Wildman–Crippen LogP) is 1.94. The summed E-state index contributed by atoms with van der Waals surface area (Å²) >= 11 is 0. The number of hydrogen-bond donors (Lipinski definition) is 0. The molecule has 0 atom stereocenters. The fourth-order valence-electron chi connectivity index (χ4n) is 1.29. The molecule has 0 spiro atoms. The van der Waals surface area contributed by atoms with Crippen molar-refractivity contribution in [2.45, 2.75) is 0 Å². The van der Waals surface area contributed by atoms with Crippen molar-refractivity contribution in [1.29, 1.82) is 0 Å². The molecule has 0 aliphatic rings. The lowest BCUT2D eigenvalue weighted by Gasteiger charge is -2.13. The first-order chi connectivity index (χ1) is 9.47. The maximum absolute atomic E-state index is 11.5. The van der Waals surface area contributed by atoms with Crippen molar-refractivity contribution in [3.8, 4) is 11.5 Å². The number of carbonyl (C=O) groups excluding carboxylic acids is 2. The highest BCUT2D eigenvalue weighted by atomic mass is 16.6. The van der Waals surface area contributed by atoms with E-state index in [4.69, 9.17) is 9.47 Å². The SMILES string of the molecule is COC(=O)/C=C/c1ccc(OC(=O)N(C)C)c(OC)c1. The summed E-state index contributed by atoms with van der Waals surface area (Å²) in [4.78, 5) is 23.8. The second-order valence-corrected chi connectivity index (χ2v) is 4.03. The average Bonchev–Trinajstić information content (AvgIpc) is 2.45. The van der Waals surface area contributed by atoms with E-state index < -0.39 is 12.1 Å². The van der Waals surface area contributed by atoms with Crippen LogP contribution in [-0.4, -0.2) is 45.3 Å². The summed E-state index contributed by atoms with van der Waals surface area (Å²) in [5.41, 5.74) is 0.719. The average molecular weight is 279 g/mol. The van der Waals surface area contributed by atoms with Crippen LogP contribution in [0.15, 0.2) is 24.3 Å².